The van der Waals surface area contributed by atoms with Crippen molar-refractivity contribution in [3.8, 4) is 22.6 Å². The lowest BCUT2D eigenvalue weighted by molar-refractivity contribution is 0.0696. The van der Waals surface area contributed by atoms with Gasteiger partial charge < -0.3 is 9.84 Å². The molecule has 1 heterocycles. The first-order valence-corrected chi connectivity index (χ1v) is 15.7. The number of aromatic carboxylic acids is 1. The molecular weight excluding hydrogens is 576 g/mol. The number of carboxylic acids is 1. The summed E-state index contributed by atoms with van der Waals surface area (Å²) in [5.41, 5.74) is 7.94. The minimum absolute atomic E-state index is 0.0242. The lowest BCUT2D eigenvalue weighted by Gasteiger charge is -2.28. The zero-order valence-corrected chi connectivity index (χ0v) is 29.4. The highest BCUT2D eigenvalue weighted by atomic mass is 16.5. The molecule has 1 aromatic heterocycles. The van der Waals surface area contributed by atoms with Crippen molar-refractivity contribution in [3.05, 3.63) is 90.8 Å². The number of methoxy groups -OCH3 is 1. The van der Waals surface area contributed by atoms with E-state index in [9.17, 15) is 14.7 Å². The van der Waals surface area contributed by atoms with Gasteiger partial charge in [-0.3, -0.25) is 9.89 Å². The standard InChI is InChI=1S/C38H48N4O4/c1-19(2)26-16-17-29(25(9)31(26)38(10,11)12)42-36(43)34(32(41-42)20(3)4)40-39-33-23(7)22(6)18-28(35(33)46-13)30-21(5)14-15-27(24(30)8)37(44)45/h14-20,41H,1-13H3,(H,44,45)/i16D,17D. The Bertz CT molecular complexity index is 2030. The van der Waals surface area contributed by atoms with Crippen molar-refractivity contribution >= 4 is 17.3 Å². The summed E-state index contributed by atoms with van der Waals surface area (Å²) in [6.07, 6.45) is 0. The summed E-state index contributed by atoms with van der Waals surface area (Å²) in [7, 11) is 1.53. The minimum atomic E-state index is -1.02. The van der Waals surface area contributed by atoms with Crippen LogP contribution in [0.15, 0.2) is 45.3 Å². The number of aromatic amines is 1. The van der Waals surface area contributed by atoms with Crippen LogP contribution in [-0.4, -0.2) is 28.0 Å². The fourth-order valence-corrected chi connectivity index (χ4v) is 6.31. The van der Waals surface area contributed by atoms with Crippen LogP contribution in [0.1, 0.15) is 118 Å². The Morgan fingerprint density at radius 2 is 1.57 bits per heavy atom. The molecule has 4 aromatic rings. The highest BCUT2D eigenvalue weighted by Crippen LogP contribution is 2.45. The van der Waals surface area contributed by atoms with Gasteiger partial charge in [0, 0.05) is 5.56 Å². The summed E-state index contributed by atoms with van der Waals surface area (Å²) in [4.78, 5) is 26.2. The first-order chi connectivity index (χ1) is 22.3. The van der Waals surface area contributed by atoms with Gasteiger partial charge in [-0.25, -0.2) is 9.48 Å². The number of nitrogens with one attached hydrogen (secondary N) is 1. The maximum Gasteiger partial charge on any atom is 0.335 e. The number of carboxylic acid groups (broad SMARTS) is 1. The number of H-pyrrole nitrogens is 1. The molecule has 0 unspecified atom stereocenters. The number of azo groups is 1. The molecule has 0 aliphatic heterocycles. The average molecular weight is 627 g/mol. The van der Waals surface area contributed by atoms with Gasteiger partial charge in [-0.05, 0) is 115 Å². The number of aromatic nitrogens is 2. The van der Waals surface area contributed by atoms with E-state index >= 15 is 0 Å². The summed E-state index contributed by atoms with van der Waals surface area (Å²) < 4.78 is 25.3. The van der Waals surface area contributed by atoms with E-state index in [2.05, 4.69) is 36.1 Å². The van der Waals surface area contributed by atoms with E-state index in [-0.39, 0.29) is 40.6 Å². The normalized spacial score (nSPS) is 12.8. The zero-order chi connectivity index (χ0) is 36.2. The van der Waals surface area contributed by atoms with Crippen LogP contribution in [0.3, 0.4) is 0 Å². The van der Waals surface area contributed by atoms with Crippen LogP contribution in [0.25, 0.3) is 16.8 Å². The second-order valence-corrected chi connectivity index (χ2v) is 13.8. The first-order valence-electron chi connectivity index (χ1n) is 16.7. The molecule has 8 heteroatoms. The molecule has 0 saturated heterocycles. The van der Waals surface area contributed by atoms with Crippen LogP contribution in [0.2, 0.25) is 0 Å². The third kappa shape index (κ3) is 6.05. The highest BCUT2D eigenvalue weighted by Gasteiger charge is 2.27. The molecule has 0 spiro atoms. The number of benzene rings is 3. The monoisotopic (exact) mass is 626 g/mol. The van der Waals surface area contributed by atoms with Crippen molar-refractivity contribution in [2.75, 3.05) is 7.11 Å². The molecule has 2 N–H and O–H groups in total. The van der Waals surface area contributed by atoms with Gasteiger partial charge in [0.25, 0.3) is 5.56 Å². The highest BCUT2D eigenvalue weighted by molar-refractivity contribution is 5.94. The van der Waals surface area contributed by atoms with Gasteiger partial charge in [0.05, 0.1) is 26.8 Å². The van der Waals surface area contributed by atoms with E-state index in [1.807, 2.05) is 61.5 Å². The van der Waals surface area contributed by atoms with Crippen LogP contribution in [0.5, 0.6) is 5.75 Å². The lowest BCUT2D eigenvalue weighted by atomic mass is 9.77. The Kier molecular flexibility index (Phi) is 8.73. The van der Waals surface area contributed by atoms with Gasteiger partial charge in [-0.15, -0.1) is 10.2 Å². The van der Waals surface area contributed by atoms with Gasteiger partial charge in [-0.2, -0.15) is 0 Å². The van der Waals surface area contributed by atoms with Crippen LogP contribution in [0, 0.1) is 34.6 Å². The molecule has 3 aromatic carbocycles. The van der Waals surface area contributed by atoms with E-state index in [1.165, 1.54) is 11.8 Å². The van der Waals surface area contributed by atoms with Crippen LogP contribution in [0.4, 0.5) is 11.4 Å². The number of hydrogen-bond acceptors (Lipinski definition) is 5. The van der Waals surface area contributed by atoms with E-state index in [0.717, 1.165) is 38.9 Å². The largest absolute Gasteiger partial charge is 0.494 e. The second-order valence-electron chi connectivity index (χ2n) is 13.8. The van der Waals surface area contributed by atoms with Gasteiger partial charge >= 0.3 is 5.97 Å². The quantitative estimate of drug-likeness (QED) is 0.190. The van der Waals surface area contributed by atoms with Crippen molar-refractivity contribution in [1.82, 2.24) is 9.78 Å². The molecular formula is C38H48N4O4. The predicted molar refractivity (Wildman–Crippen MR) is 187 cm³/mol. The third-order valence-corrected chi connectivity index (χ3v) is 8.73. The summed E-state index contributed by atoms with van der Waals surface area (Å²) in [6.45, 7) is 23.6. The van der Waals surface area contributed by atoms with E-state index in [1.54, 1.807) is 19.1 Å². The fourth-order valence-electron chi connectivity index (χ4n) is 6.31. The predicted octanol–water partition coefficient (Wildman–Crippen LogP) is 10.0. The Morgan fingerprint density at radius 1 is 0.935 bits per heavy atom. The van der Waals surface area contributed by atoms with E-state index in [4.69, 9.17) is 7.48 Å². The van der Waals surface area contributed by atoms with Crippen molar-refractivity contribution in [3.63, 3.8) is 0 Å². The Balaban J connectivity index is 2.02. The molecule has 0 aliphatic rings. The minimum Gasteiger partial charge on any atom is -0.494 e. The van der Waals surface area contributed by atoms with Gasteiger partial charge in [-0.1, -0.05) is 60.6 Å². The Hall–Kier alpha value is -4.46. The molecule has 0 amide bonds. The molecule has 4 rings (SSSR count). The molecule has 0 fully saturated rings. The van der Waals surface area contributed by atoms with Crippen LogP contribution < -0.4 is 10.3 Å². The zero-order valence-electron chi connectivity index (χ0n) is 31.4. The van der Waals surface area contributed by atoms with Crippen molar-refractivity contribution in [2.45, 2.75) is 100 Å². The first kappa shape index (κ1) is 31.5. The van der Waals surface area contributed by atoms with E-state index < -0.39 is 11.5 Å². The number of nitrogens with zero attached hydrogens (tertiary/aromatic N) is 3. The van der Waals surface area contributed by atoms with Gasteiger partial charge in [0.15, 0.2) is 11.4 Å². The molecule has 0 atom stereocenters. The molecule has 46 heavy (non-hydrogen) atoms. The second kappa shape index (κ2) is 12.7. The molecule has 0 aliphatic carbocycles. The lowest BCUT2D eigenvalue weighted by Crippen LogP contribution is -2.21. The summed E-state index contributed by atoms with van der Waals surface area (Å²) in [5, 5.41) is 22.2. The number of hydrogen-bond donors (Lipinski definition) is 2. The van der Waals surface area contributed by atoms with Gasteiger partial charge in [0.1, 0.15) is 5.69 Å². The Labute approximate surface area is 275 Å². The van der Waals surface area contributed by atoms with Crippen LogP contribution in [-0.2, 0) is 5.41 Å². The fraction of sp³-hybridized carbons (Fsp3) is 0.421. The molecule has 244 valence electrons. The number of carbonyl (C=O) groups is 1. The third-order valence-electron chi connectivity index (χ3n) is 8.73. The average Bonchev–Trinajstić information content (AvgIpc) is 3.30. The number of ether oxygens (including phenoxy) is 1. The topological polar surface area (TPSA) is 109 Å². The van der Waals surface area contributed by atoms with Crippen molar-refractivity contribution in [1.29, 1.82) is 0 Å². The summed E-state index contributed by atoms with van der Waals surface area (Å²) >= 11 is 0. The van der Waals surface area contributed by atoms with Crippen molar-refractivity contribution < 1.29 is 17.4 Å². The SMILES string of the molecule is [2H]c1c([2H])c(-n2[nH]c(C(C)C)c(N=Nc3c(C)c(C)cc(-c4c(C)ccc(C(=O)O)c4C)c3OC)c2=O)c(C)c(C(C)(C)C)c1C(C)C. The molecule has 0 radical (unpaired) electrons. The molecule has 0 saturated carbocycles. The molecule has 8 nitrogen and oxygen atoms in total. The summed E-state index contributed by atoms with van der Waals surface area (Å²) in [6, 6.07) is 5.42. The van der Waals surface area contributed by atoms with Gasteiger partial charge in [0.2, 0.25) is 0 Å². The maximum atomic E-state index is 14.2. The van der Waals surface area contributed by atoms with E-state index in [0.29, 0.717) is 33.9 Å². The van der Waals surface area contributed by atoms with Crippen LogP contribution >= 0.6 is 0 Å². The smallest absolute Gasteiger partial charge is 0.335 e. The number of rotatable bonds is 8. The maximum absolute atomic E-state index is 14.2. The molecule has 0 bridgehead atoms. The summed E-state index contributed by atoms with van der Waals surface area (Å²) in [5.74, 6) is -0.718. The van der Waals surface area contributed by atoms with Crippen molar-refractivity contribution in [2.24, 2.45) is 10.2 Å². The Morgan fingerprint density at radius 3 is 2.11 bits per heavy atom. The number of aryl methyl sites for hydroxylation is 2.